The zero-order valence-electron chi connectivity index (χ0n) is 9.39. The molecule has 0 aromatic carbocycles. The summed E-state index contributed by atoms with van der Waals surface area (Å²) in [6.07, 6.45) is -1.99. The van der Waals surface area contributed by atoms with Crippen LogP contribution < -0.4 is 5.32 Å². The van der Waals surface area contributed by atoms with Crippen molar-refractivity contribution in [1.82, 2.24) is 9.97 Å². The van der Waals surface area contributed by atoms with Gasteiger partial charge in [-0.3, -0.25) is 0 Å². The Hall–Kier alpha value is -0.850. The molecule has 2 aliphatic carbocycles. The van der Waals surface area contributed by atoms with Gasteiger partial charge in [0.25, 0.3) is 0 Å². The van der Waals surface area contributed by atoms with Gasteiger partial charge in [0.15, 0.2) is 0 Å². The predicted molar refractivity (Wildman–Crippen MR) is 63.3 cm³/mol. The van der Waals surface area contributed by atoms with Gasteiger partial charge in [0.1, 0.15) is 21.8 Å². The highest BCUT2D eigenvalue weighted by molar-refractivity contribution is 9.10. The molecule has 0 atom stereocenters. The number of nitrogens with zero attached hydrogens (tertiary/aromatic N) is 2. The number of alkyl halides is 3. The zero-order chi connectivity index (χ0) is 13.0. The summed E-state index contributed by atoms with van der Waals surface area (Å²) in [4.78, 5) is 8.37. The van der Waals surface area contributed by atoms with Gasteiger partial charge >= 0.3 is 6.18 Å². The number of aromatic nitrogens is 2. The van der Waals surface area contributed by atoms with Crippen molar-refractivity contribution in [2.45, 2.75) is 43.3 Å². The smallest absolute Gasteiger partial charge is 0.356 e. The summed E-state index contributed by atoms with van der Waals surface area (Å²) in [5.74, 6) is 1.20. The van der Waals surface area contributed by atoms with Crippen molar-refractivity contribution in [2.24, 2.45) is 0 Å². The van der Waals surface area contributed by atoms with Crippen LogP contribution in [0.15, 0.2) is 10.7 Å². The van der Waals surface area contributed by atoms with Gasteiger partial charge in [-0.15, -0.1) is 0 Å². The van der Waals surface area contributed by atoms with E-state index in [1.807, 2.05) is 0 Å². The Morgan fingerprint density at radius 2 is 1.94 bits per heavy atom. The van der Waals surface area contributed by atoms with E-state index < -0.39 is 11.7 Å². The highest BCUT2D eigenvalue weighted by atomic mass is 79.9. The van der Waals surface area contributed by atoms with E-state index in [1.165, 1.54) is 6.07 Å². The van der Waals surface area contributed by atoms with Crippen molar-refractivity contribution >= 4 is 21.7 Å². The van der Waals surface area contributed by atoms with Gasteiger partial charge in [-0.2, -0.15) is 13.2 Å². The van der Waals surface area contributed by atoms with E-state index in [0.717, 1.165) is 12.8 Å². The number of halogens is 4. The van der Waals surface area contributed by atoms with E-state index in [2.05, 4.69) is 31.2 Å². The van der Waals surface area contributed by atoms with Gasteiger partial charge in [-0.1, -0.05) is 0 Å². The summed E-state index contributed by atoms with van der Waals surface area (Å²) in [5, 5.41) is 2.53. The molecule has 0 aliphatic heterocycles. The lowest BCUT2D eigenvalue weighted by Gasteiger charge is -2.21. The number of rotatable bonds is 3. The van der Waals surface area contributed by atoms with E-state index in [1.54, 1.807) is 0 Å². The Kier molecular flexibility index (Phi) is 2.59. The van der Waals surface area contributed by atoms with Crippen molar-refractivity contribution in [3.63, 3.8) is 0 Å². The van der Waals surface area contributed by atoms with Crippen LogP contribution in [0, 0.1) is 0 Å². The first-order valence-electron chi connectivity index (χ1n) is 5.79. The molecule has 3 rings (SSSR count). The fourth-order valence-corrected chi connectivity index (χ4v) is 2.27. The minimum absolute atomic E-state index is 0.108. The monoisotopic (exact) mass is 321 g/mol. The lowest BCUT2D eigenvalue weighted by molar-refractivity contribution is -0.151. The number of hydrogen-bond donors (Lipinski definition) is 1. The molecule has 2 saturated carbocycles. The maximum Gasteiger partial charge on any atom is 0.411 e. The van der Waals surface area contributed by atoms with E-state index in [0.29, 0.717) is 16.3 Å². The normalized spacial score (nSPS) is 21.8. The molecule has 1 aromatic heterocycles. The molecule has 98 valence electrons. The molecule has 18 heavy (non-hydrogen) atoms. The van der Waals surface area contributed by atoms with Gasteiger partial charge in [0, 0.05) is 12.0 Å². The zero-order valence-corrected chi connectivity index (χ0v) is 11.0. The molecule has 0 radical (unpaired) electrons. The largest absolute Gasteiger partial charge is 0.411 e. The Morgan fingerprint density at radius 3 is 2.44 bits per heavy atom. The SMILES string of the molecule is FC(F)(F)C1(Nc2cc(Br)nc(C3CC3)n2)CC1. The summed E-state index contributed by atoms with van der Waals surface area (Å²) >= 11 is 3.22. The van der Waals surface area contributed by atoms with Crippen LogP contribution in [0.1, 0.15) is 37.4 Å². The summed E-state index contributed by atoms with van der Waals surface area (Å²) in [5.41, 5.74) is -1.78. The summed E-state index contributed by atoms with van der Waals surface area (Å²) in [6.45, 7) is 0. The molecule has 0 spiro atoms. The van der Waals surface area contributed by atoms with Crippen LogP contribution in [0.5, 0.6) is 0 Å². The first-order chi connectivity index (χ1) is 8.40. The van der Waals surface area contributed by atoms with Gasteiger partial charge in [0.2, 0.25) is 0 Å². The van der Waals surface area contributed by atoms with Crippen LogP contribution in [-0.4, -0.2) is 21.7 Å². The molecule has 2 fully saturated rings. The van der Waals surface area contributed by atoms with Crippen molar-refractivity contribution in [2.75, 3.05) is 5.32 Å². The van der Waals surface area contributed by atoms with Gasteiger partial charge in [0.05, 0.1) is 0 Å². The van der Waals surface area contributed by atoms with E-state index in [-0.39, 0.29) is 18.7 Å². The van der Waals surface area contributed by atoms with Crippen molar-refractivity contribution in [3.05, 3.63) is 16.5 Å². The summed E-state index contributed by atoms with van der Waals surface area (Å²) in [7, 11) is 0. The molecular formula is C11H11BrF3N3. The number of nitrogens with one attached hydrogen (secondary N) is 1. The van der Waals surface area contributed by atoms with Crippen LogP contribution in [0.3, 0.4) is 0 Å². The van der Waals surface area contributed by atoms with E-state index >= 15 is 0 Å². The number of hydrogen-bond acceptors (Lipinski definition) is 3. The van der Waals surface area contributed by atoms with Crippen LogP contribution in [-0.2, 0) is 0 Å². The van der Waals surface area contributed by atoms with Crippen LogP contribution in [0.2, 0.25) is 0 Å². The van der Waals surface area contributed by atoms with E-state index in [4.69, 9.17) is 0 Å². The Morgan fingerprint density at radius 1 is 1.28 bits per heavy atom. The van der Waals surface area contributed by atoms with Crippen molar-refractivity contribution in [3.8, 4) is 0 Å². The Balaban J connectivity index is 1.84. The maximum absolute atomic E-state index is 12.8. The average Bonchev–Trinajstić information content (AvgIpc) is 3.11. The van der Waals surface area contributed by atoms with Crippen LogP contribution in [0.25, 0.3) is 0 Å². The molecule has 7 heteroatoms. The third-order valence-electron chi connectivity index (χ3n) is 3.31. The molecule has 0 amide bonds. The molecule has 1 heterocycles. The lowest BCUT2D eigenvalue weighted by Crippen LogP contribution is -2.39. The molecular weight excluding hydrogens is 311 g/mol. The third-order valence-corrected chi connectivity index (χ3v) is 3.72. The second-order valence-electron chi connectivity index (χ2n) is 4.91. The highest BCUT2D eigenvalue weighted by Crippen LogP contribution is 2.51. The average molecular weight is 322 g/mol. The second-order valence-corrected chi connectivity index (χ2v) is 5.73. The first-order valence-corrected chi connectivity index (χ1v) is 6.58. The molecule has 0 bridgehead atoms. The Labute approximate surface area is 110 Å². The summed E-state index contributed by atoms with van der Waals surface area (Å²) < 4.78 is 39.0. The fourth-order valence-electron chi connectivity index (χ4n) is 1.87. The van der Waals surface area contributed by atoms with Gasteiger partial charge in [-0.25, -0.2) is 9.97 Å². The molecule has 1 N–H and O–H groups in total. The molecule has 2 aliphatic rings. The molecule has 3 nitrogen and oxygen atoms in total. The Bertz CT molecular complexity index is 481. The summed E-state index contributed by atoms with van der Waals surface area (Å²) in [6, 6.07) is 1.50. The molecule has 1 aromatic rings. The standard InChI is InChI=1S/C11H11BrF3N3/c12-7-5-8(17-9(16-7)6-1-2-6)18-10(3-4-10)11(13,14)15/h5-6H,1-4H2,(H,16,17,18). The minimum Gasteiger partial charge on any atom is -0.356 e. The van der Waals surface area contributed by atoms with E-state index in [9.17, 15) is 13.2 Å². The fraction of sp³-hybridized carbons (Fsp3) is 0.636. The third kappa shape index (κ3) is 2.20. The topological polar surface area (TPSA) is 37.8 Å². The van der Waals surface area contributed by atoms with Gasteiger partial charge < -0.3 is 5.32 Å². The van der Waals surface area contributed by atoms with Crippen molar-refractivity contribution in [1.29, 1.82) is 0 Å². The highest BCUT2D eigenvalue weighted by Gasteiger charge is 2.63. The van der Waals surface area contributed by atoms with Gasteiger partial charge in [-0.05, 0) is 41.6 Å². The van der Waals surface area contributed by atoms with Crippen LogP contribution in [0.4, 0.5) is 19.0 Å². The first kappa shape index (κ1) is 12.2. The second kappa shape index (κ2) is 3.82. The lowest BCUT2D eigenvalue weighted by atomic mass is 10.2. The quantitative estimate of drug-likeness (QED) is 0.864. The maximum atomic E-state index is 12.8. The number of anilines is 1. The molecule has 0 unspecified atom stereocenters. The molecule has 0 saturated heterocycles. The minimum atomic E-state index is -4.23. The predicted octanol–water partition coefficient (Wildman–Crippen LogP) is 3.62. The van der Waals surface area contributed by atoms with Crippen LogP contribution >= 0.6 is 15.9 Å². The van der Waals surface area contributed by atoms with Crippen molar-refractivity contribution < 1.29 is 13.2 Å².